The molecule has 1 N–H and O–H groups in total. The zero-order chi connectivity index (χ0) is 16.4. The lowest BCUT2D eigenvalue weighted by molar-refractivity contribution is -0.120. The summed E-state index contributed by atoms with van der Waals surface area (Å²) in [5.41, 5.74) is 1.69. The predicted octanol–water partition coefficient (Wildman–Crippen LogP) is 2.99. The Morgan fingerprint density at radius 3 is 3.04 bits per heavy atom. The van der Waals surface area contributed by atoms with Crippen molar-refractivity contribution in [2.45, 2.75) is 13.0 Å². The summed E-state index contributed by atoms with van der Waals surface area (Å²) in [5, 5.41) is 5.56. The second kappa shape index (κ2) is 6.37. The molecule has 1 aliphatic heterocycles. The van der Waals surface area contributed by atoms with Gasteiger partial charge in [-0.2, -0.15) is 0 Å². The number of benzene rings is 1. The highest BCUT2D eigenvalue weighted by Gasteiger charge is 2.16. The van der Waals surface area contributed by atoms with Crippen LogP contribution in [0.2, 0.25) is 0 Å². The summed E-state index contributed by atoms with van der Waals surface area (Å²) in [6.45, 7) is 0.628. The first-order valence-electron chi connectivity index (χ1n) is 7.41. The molecule has 3 heterocycles. The summed E-state index contributed by atoms with van der Waals surface area (Å²) < 4.78 is 15.9. The average Bonchev–Trinajstić information content (AvgIpc) is 3.33. The quantitative estimate of drug-likeness (QED) is 0.772. The molecule has 3 aromatic rings. The molecule has 0 fully saturated rings. The number of thiazole rings is 1. The van der Waals surface area contributed by atoms with Gasteiger partial charge in [-0.1, -0.05) is 0 Å². The minimum Gasteiger partial charge on any atom is -0.467 e. The van der Waals surface area contributed by atoms with Crippen molar-refractivity contribution in [3.05, 3.63) is 53.4 Å². The van der Waals surface area contributed by atoms with Gasteiger partial charge in [-0.25, -0.2) is 4.98 Å². The zero-order valence-electron chi connectivity index (χ0n) is 12.7. The molecule has 4 rings (SSSR count). The molecule has 0 spiro atoms. The van der Waals surface area contributed by atoms with E-state index < -0.39 is 0 Å². The molecule has 1 aromatic carbocycles. The Hall–Kier alpha value is -2.80. The number of hydrogen-bond donors (Lipinski definition) is 1. The van der Waals surface area contributed by atoms with Gasteiger partial charge in [-0.15, -0.1) is 11.3 Å². The van der Waals surface area contributed by atoms with Crippen LogP contribution >= 0.6 is 11.3 Å². The Morgan fingerprint density at radius 1 is 1.25 bits per heavy atom. The van der Waals surface area contributed by atoms with Gasteiger partial charge >= 0.3 is 0 Å². The lowest BCUT2D eigenvalue weighted by atomic mass is 10.2. The van der Waals surface area contributed by atoms with Crippen LogP contribution in [0.1, 0.15) is 11.5 Å². The fourth-order valence-electron chi connectivity index (χ4n) is 2.38. The van der Waals surface area contributed by atoms with Crippen molar-refractivity contribution in [2.24, 2.45) is 0 Å². The SMILES string of the molecule is O=C(Cc1csc(-c2ccc3c(c2)OCO3)n1)NCc1ccco1. The van der Waals surface area contributed by atoms with Crippen LogP contribution in [-0.2, 0) is 17.8 Å². The Balaban J connectivity index is 1.40. The van der Waals surface area contributed by atoms with Gasteiger partial charge in [0.05, 0.1) is 24.9 Å². The number of nitrogens with one attached hydrogen (secondary N) is 1. The summed E-state index contributed by atoms with van der Waals surface area (Å²) in [6, 6.07) is 9.32. The molecular weight excluding hydrogens is 328 g/mol. The minimum atomic E-state index is -0.0889. The van der Waals surface area contributed by atoms with Crippen LogP contribution in [0.25, 0.3) is 10.6 Å². The fraction of sp³-hybridized carbons (Fsp3) is 0.176. The lowest BCUT2D eigenvalue weighted by Crippen LogP contribution is -2.24. The standard InChI is InChI=1S/C17H14N2O4S/c20-16(18-8-13-2-1-5-21-13)7-12-9-24-17(19-12)11-3-4-14-15(6-11)23-10-22-14/h1-6,9H,7-8,10H2,(H,18,20). The van der Waals surface area contributed by atoms with Gasteiger partial charge in [0, 0.05) is 10.9 Å². The molecule has 1 aliphatic rings. The van der Waals surface area contributed by atoms with E-state index in [1.54, 1.807) is 12.3 Å². The smallest absolute Gasteiger partial charge is 0.231 e. The number of hydrogen-bond acceptors (Lipinski definition) is 6. The van der Waals surface area contributed by atoms with E-state index in [1.165, 1.54) is 11.3 Å². The monoisotopic (exact) mass is 342 g/mol. The molecule has 24 heavy (non-hydrogen) atoms. The third kappa shape index (κ3) is 3.11. The van der Waals surface area contributed by atoms with Crippen molar-refractivity contribution >= 4 is 17.2 Å². The van der Waals surface area contributed by atoms with Gasteiger partial charge in [0.15, 0.2) is 11.5 Å². The molecule has 0 aliphatic carbocycles. The van der Waals surface area contributed by atoms with Crippen LogP contribution in [0, 0.1) is 0 Å². The first-order chi connectivity index (χ1) is 11.8. The molecule has 0 saturated heterocycles. The Bertz CT molecular complexity index is 857. The second-order valence-electron chi connectivity index (χ2n) is 5.24. The summed E-state index contributed by atoms with van der Waals surface area (Å²) >= 11 is 1.50. The number of carbonyl (C=O) groups is 1. The third-order valence-electron chi connectivity index (χ3n) is 3.55. The maximum absolute atomic E-state index is 12.0. The lowest BCUT2D eigenvalue weighted by Gasteiger charge is -2.01. The van der Waals surface area contributed by atoms with Gasteiger partial charge in [-0.3, -0.25) is 4.79 Å². The highest BCUT2D eigenvalue weighted by atomic mass is 32.1. The van der Waals surface area contributed by atoms with E-state index in [0.717, 1.165) is 33.5 Å². The fourth-order valence-corrected chi connectivity index (χ4v) is 3.19. The van der Waals surface area contributed by atoms with E-state index in [0.29, 0.717) is 6.54 Å². The maximum Gasteiger partial charge on any atom is 0.231 e. The maximum atomic E-state index is 12.0. The van der Waals surface area contributed by atoms with Gasteiger partial charge in [0.1, 0.15) is 10.8 Å². The molecule has 0 unspecified atom stereocenters. The minimum absolute atomic E-state index is 0.0889. The average molecular weight is 342 g/mol. The van der Waals surface area contributed by atoms with Crippen LogP contribution in [-0.4, -0.2) is 17.7 Å². The van der Waals surface area contributed by atoms with Crippen molar-refractivity contribution < 1.29 is 18.7 Å². The third-order valence-corrected chi connectivity index (χ3v) is 4.49. The van der Waals surface area contributed by atoms with Crippen molar-refractivity contribution in [1.82, 2.24) is 10.3 Å². The molecule has 1 amide bonds. The number of aromatic nitrogens is 1. The van der Waals surface area contributed by atoms with E-state index in [1.807, 2.05) is 29.6 Å². The number of amides is 1. The van der Waals surface area contributed by atoms with E-state index in [9.17, 15) is 4.79 Å². The highest BCUT2D eigenvalue weighted by molar-refractivity contribution is 7.13. The highest BCUT2D eigenvalue weighted by Crippen LogP contribution is 2.36. The molecule has 6 nitrogen and oxygen atoms in total. The van der Waals surface area contributed by atoms with Crippen LogP contribution in [0.15, 0.2) is 46.4 Å². The van der Waals surface area contributed by atoms with Crippen LogP contribution in [0.5, 0.6) is 11.5 Å². The first kappa shape index (κ1) is 14.8. The molecule has 0 atom stereocenters. The van der Waals surface area contributed by atoms with Crippen LogP contribution < -0.4 is 14.8 Å². The molecule has 0 radical (unpaired) electrons. The van der Waals surface area contributed by atoms with E-state index in [-0.39, 0.29) is 19.1 Å². The molecular formula is C17H14N2O4S. The van der Waals surface area contributed by atoms with Crippen LogP contribution in [0.3, 0.4) is 0 Å². The second-order valence-corrected chi connectivity index (χ2v) is 6.10. The van der Waals surface area contributed by atoms with Crippen molar-refractivity contribution in [1.29, 1.82) is 0 Å². The molecule has 0 bridgehead atoms. The predicted molar refractivity (Wildman–Crippen MR) is 87.9 cm³/mol. The van der Waals surface area contributed by atoms with Gasteiger partial charge in [0.25, 0.3) is 0 Å². The number of furan rings is 1. The number of carbonyl (C=O) groups excluding carboxylic acids is 1. The van der Waals surface area contributed by atoms with E-state index in [4.69, 9.17) is 13.9 Å². The van der Waals surface area contributed by atoms with E-state index >= 15 is 0 Å². The van der Waals surface area contributed by atoms with Crippen molar-refractivity contribution in [3.8, 4) is 22.1 Å². The number of rotatable bonds is 5. The topological polar surface area (TPSA) is 73.6 Å². The summed E-state index contributed by atoms with van der Waals surface area (Å²) in [7, 11) is 0. The van der Waals surface area contributed by atoms with Crippen molar-refractivity contribution in [3.63, 3.8) is 0 Å². The molecule has 2 aromatic heterocycles. The van der Waals surface area contributed by atoms with Gasteiger partial charge < -0.3 is 19.2 Å². The molecule has 0 saturated carbocycles. The normalized spacial score (nSPS) is 12.3. The summed E-state index contributed by atoms with van der Waals surface area (Å²) in [6.07, 6.45) is 1.82. The molecule has 7 heteroatoms. The first-order valence-corrected chi connectivity index (χ1v) is 8.29. The number of nitrogens with zero attached hydrogens (tertiary/aromatic N) is 1. The van der Waals surface area contributed by atoms with Gasteiger partial charge in [0.2, 0.25) is 12.7 Å². The Labute approximate surface area is 142 Å². The summed E-state index contributed by atoms with van der Waals surface area (Å²) in [4.78, 5) is 16.5. The number of ether oxygens (including phenoxy) is 2. The van der Waals surface area contributed by atoms with E-state index in [2.05, 4.69) is 10.3 Å². The van der Waals surface area contributed by atoms with Crippen molar-refractivity contribution in [2.75, 3.05) is 6.79 Å². The molecule has 122 valence electrons. The summed E-state index contributed by atoms with van der Waals surface area (Å²) in [5.74, 6) is 2.10. The largest absolute Gasteiger partial charge is 0.467 e. The van der Waals surface area contributed by atoms with Gasteiger partial charge in [-0.05, 0) is 30.3 Å². The number of fused-ring (bicyclic) bond motifs is 1. The Morgan fingerprint density at radius 2 is 2.17 bits per heavy atom. The van der Waals surface area contributed by atoms with Crippen LogP contribution in [0.4, 0.5) is 0 Å². The zero-order valence-corrected chi connectivity index (χ0v) is 13.5. The Kier molecular flexibility index (Phi) is 3.92.